The molecule has 0 unspecified atom stereocenters. The number of carbonyl (C=O) groups is 1. The van der Waals surface area contributed by atoms with Gasteiger partial charge in [0.1, 0.15) is 30.0 Å². The molecule has 2 fully saturated rings. The molecule has 5 rings (SSSR count). The Morgan fingerprint density at radius 3 is 2.62 bits per heavy atom. The van der Waals surface area contributed by atoms with Crippen LogP contribution in [0.4, 0.5) is 5.82 Å². The van der Waals surface area contributed by atoms with Gasteiger partial charge in [0.05, 0.1) is 36.7 Å². The van der Waals surface area contributed by atoms with Gasteiger partial charge in [0.15, 0.2) is 0 Å². The van der Waals surface area contributed by atoms with Crippen LogP contribution in [0.3, 0.4) is 0 Å². The number of ether oxygens (including phenoxy) is 2. The van der Waals surface area contributed by atoms with Crippen molar-refractivity contribution < 1.29 is 14.3 Å². The fourth-order valence-corrected chi connectivity index (χ4v) is 5.78. The molecule has 0 aliphatic carbocycles. The van der Waals surface area contributed by atoms with E-state index in [0.29, 0.717) is 42.5 Å². The fraction of sp³-hybridized carbons (Fsp3) is 0.548. The van der Waals surface area contributed by atoms with Crippen LogP contribution in [0.1, 0.15) is 52.0 Å². The Bertz CT molecular complexity index is 1350. The van der Waals surface area contributed by atoms with Crippen LogP contribution >= 0.6 is 0 Å². The monoisotopic (exact) mass is 544 g/mol. The molecule has 9 heteroatoms. The molecular weight excluding hydrogens is 504 g/mol. The van der Waals surface area contributed by atoms with Gasteiger partial charge in [-0.05, 0) is 42.4 Å². The molecule has 3 aromatic heterocycles. The van der Waals surface area contributed by atoms with Crippen LogP contribution in [0.15, 0.2) is 36.8 Å². The second kappa shape index (κ2) is 12.4. The van der Waals surface area contributed by atoms with E-state index in [9.17, 15) is 10.1 Å². The second-order valence-corrected chi connectivity index (χ2v) is 11.9. The lowest BCUT2D eigenvalue weighted by Gasteiger charge is -2.39. The first-order valence-corrected chi connectivity index (χ1v) is 14.4. The van der Waals surface area contributed by atoms with Crippen molar-refractivity contribution in [3.05, 3.63) is 42.4 Å². The van der Waals surface area contributed by atoms with Crippen molar-refractivity contribution in [2.75, 3.05) is 57.4 Å². The lowest BCUT2D eigenvalue weighted by atomic mass is 9.75. The zero-order valence-electron chi connectivity index (χ0n) is 23.9. The molecule has 5 heterocycles. The molecule has 40 heavy (non-hydrogen) atoms. The second-order valence-electron chi connectivity index (χ2n) is 11.9. The summed E-state index contributed by atoms with van der Waals surface area (Å²) in [5.74, 6) is 2.43. The smallest absolute Gasteiger partial charge is 0.138 e. The maximum absolute atomic E-state index is 12.5. The summed E-state index contributed by atoms with van der Waals surface area (Å²) in [6.45, 7) is 13.0. The van der Waals surface area contributed by atoms with Crippen molar-refractivity contribution in [1.82, 2.24) is 19.5 Å². The summed E-state index contributed by atoms with van der Waals surface area (Å²) in [4.78, 5) is 21.9. The number of nitriles is 1. The number of nitrogens with zero attached hydrogens (tertiary/aromatic N) is 6. The van der Waals surface area contributed by atoms with Crippen molar-refractivity contribution in [2.45, 2.75) is 46.5 Å². The highest BCUT2D eigenvalue weighted by Crippen LogP contribution is 2.37. The van der Waals surface area contributed by atoms with E-state index in [-0.39, 0.29) is 5.41 Å². The van der Waals surface area contributed by atoms with Gasteiger partial charge in [0, 0.05) is 62.9 Å². The molecule has 0 radical (unpaired) electrons. The average Bonchev–Trinajstić information content (AvgIpc) is 3.36. The zero-order valence-corrected chi connectivity index (χ0v) is 23.9. The molecule has 2 aliphatic heterocycles. The Morgan fingerprint density at radius 2 is 1.95 bits per heavy atom. The van der Waals surface area contributed by atoms with Crippen LogP contribution in [0.25, 0.3) is 16.6 Å². The zero-order chi connectivity index (χ0) is 28.1. The minimum absolute atomic E-state index is 0.0614. The van der Waals surface area contributed by atoms with Gasteiger partial charge in [-0.15, -0.1) is 0 Å². The maximum Gasteiger partial charge on any atom is 0.138 e. The van der Waals surface area contributed by atoms with Crippen molar-refractivity contribution in [3.8, 4) is 22.9 Å². The number of hydrogen-bond donors (Lipinski definition) is 0. The van der Waals surface area contributed by atoms with Crippen LogP contribution in [-0.4, -0.2) is 77.8 Å². The molecule has 0 amide bonds. The summed E-state index contributed by atoms with van der Waals surface area (Å²) in [5.41, 5.74) is 3.10. The van der Waals surface area contributed by atoms with Gasteiger partial charge >= 0.3 is 0 Å². The van der Waals surface area contributed by atoms with Crippen LogP contribution in [-0.2, 0) is 9.53 Å². The van der Waals surface area contributed by atoms with E-state index in [0.717, 1.165) is 81.2 Å². The minimum atomic E-state index is 0.0614. The van der Waals surface area contributed by atoms with E-state index in [1.54, 1.807) is 10.7 Å². The third-order valence-corrected chi connectivity index (χ3v) is 8.10. The van der Waals surface area contributed by atoms with E-state index in [4.69, 9.17) is 14.5 Å². The van der Waals surface area contributed by atoms with E-state index >= 15 is 0 Å². The highest BCUT2D eigenvalue weighted by atomic mass is 16.5. The number of Topliss-reactive ketones (excluding diaryl/α,β-unsaturated/α-hetero) is 1. The molecule has 2 saturated heterocycles. The molecule has 212 valence electrons. The van der Waals surface area contributed by atoms with Crippen molar-refractivity contribution >= 4 is 17.1 Å². The van der Waals surface area contributed by atoms with Gasteiger partial charge in [0.2, 0.25) is 0 Å². The molecule has 2 aliphatic rings. The summed E-state index contributed by atoms with van der Waals surface area (Å²) < 4.78 is 13.3. The van der Waals surface area contributed by atoms with Gasteiger partial charge in [-0.3, -0.25) is 9.69 Å². The molecule has 0 aromatic carbocycles. The number of aromatic nitrogens is 3. The number of piperidine rings is 1. The van der Waals surface area contributed by atoms with Gasteiger partial charge in [-0.2, -0.15) is 10.4 Å². The maximum atomic E-state index is 12.5. The number of anilines is 1. The number of morpholine rings is 1. The highest BCUT2D eigenvalue weighted by molar-refractivity contribution is 5.85. The quantitative estimate of drug-likeness (QED) is 0.366. The van der Waals surface area contributed by atoms with Crippen LogP contribution in [0.2, 0.25) is 0 Å². The van der Waals surface area contributed by atoms with Crippen molar-refractivity contribution in [2.24, 2.45) is 11.3 Å². The first-order valence-electron chi connectivity index (χ1n) is 14.4. The normalized spacial score (nSPS) is 17.7. The summed E-state index contributed by atoms with van der Waals surface area (Å²) in [6, 6.07) is 8.35. The largest absolute Gasteiger partial charge is 0.491 e. The van der Waals surface area contributed by atoms with Crippen molar-refractivity contribution in [3.63, 3.8) is 0 Å². The number of ketones is 1. The molecule has 0 saturated carbocycles. The Kier molecular flexibility index (Phi) is 8.67. The average molecular weight is 545 g/mol. The number of hydrogen-bond acceptors (Lipinski definition) is 8. The predicted molar refractivity (Wildman–Crippen MR) is 155 cm³/mol. The molecule has 0 bridgehead atoms. The topological polar surface area (TPSA) is 96.0 Å². The molecule has 0 spiro atoms. The van der Waals surface area contributed by atoms with E-state index in [2.05, 4.69) is 47.8 Å². The Balaban J connectivity index is 1.28. The molecule has 0 atom stereocenters. The minimum Gasteiger partial charge on any atom is -0.491 e. The Labute approximate surface area is 236 Å². The summed E-state index contributed by atoms with van der Waals surface area (Å²) in [6.07, 6.45) is 8.58. The van der Waals surface area contributed by atoms with Gasteiger partial charge in [-0.25, -0.2) is 9.50 Å². The number of rotatable bonds is 10. The van der Waals surface area contributed by atoms with E-state index < -0.39 is 0 Å². The lowest BCUT2D eigenvalue weighted by molar-refractivity contribution is -0.122. The number of carbonyl (C=O) groups excluding carboxylic acids is 1. The van der Waals surface area contributed by atoms with E-state index in [1.165, 1.54) is 0 Å². The predicted octanol–water partition coefficient (Wildman–Crippen LogP) is 4.59. The highest BCUT2D eigenvalue weighted by Gasteiger charge is 2.32. The molecule has 3 aromatic rings. The first-order chi connectivity index (χ1) is 19.3. The van der Waals surface area contributed by atoms with E-state index in [1.807, 2.05) is 24.5 Å². The van der Waals surface area contributed by atoms with Gasteiger partial charge in [-0.1, -0.05) is 20.8 Å². The molecule has 9 nitrogen and oxygen atoms in total. The van der Waals surface area contributed by atoms with Gasteiger partial charge < -0.3 is 14.4 Å². The SMILES string of the molecule is CC(C)CC(=O)CC1(C)CCN(c2ccc(-c3cc(OCCN4CCOCC4)cn4ncc(C#N)c34)cn2)CC1. The first kappa shape index (κ1) is 28.1. The number of fused-ring (bicyclic) bond motifs is 1. The third-order valence-electron chi connectivity index (χ3n) is 8.10. The van der Waals surface area contributed by atoms with Gasteiger partial charge in [0.25, 0.3) is 0 Å². The van der Waals surface area contributed by atoms with Crippen LogP contribution in [0, 0.1) is 22.7 Å². The lowest BCUT2D eigenvalue weighted by Crippen LogP contribution is -2.40. The standard InChI is InChI=1S/C31H40N6O3/c1-23(2)16-26(38)18-31(3)6-8-36(9-7-31)29-5-4-24(20-33-29)28-17-27(22-37-30(28)25(19-32)21-34-37)40-15-12-35-10-13-39-14-11-35/h4-5,17,20-23H,6-16,18H2,1-3H3. The molecular formula is C31H40N6O3. The summed E-state index contributed by atoms with van der Waals surface area (Å²) >= 11 is 0. The molecule has 0 N–H and O–H groups in total. The van der Waals surface area contributed by atoms with Crippen molar-refractivity contribution in [1.29, 1.82) is 5.26 Å². The Hall–Kier alpha value is -3.48. The summed E-state index contributed by atoms with van der Waals surface area (Å²) in [5, 5.41) is 14.1. The number of pyridine rings is 2. The fourth-order valence-electron chi connectivity index (χ4n) is 5.78. The van der Waals surface area contributed by atoms with Crippen LogP contribution < -0.4 is 9.64 Å². The third kappa shape index (κ3) is 6.62. The van der Waals surface area contributed by atoms with Crippen LogP contribution in [0.5, 0.6) is 5.75 Å². The summed E-state index contributed by atoms with van der Waals surface area (Å²) in [7, 11) is 0. The Morgan fingerprint density at radius 1 is 1.18 bits per heavy atom.